The number of hydrogen-bond acceptors (Lipinski definition) is 0. The van der Waals surface area contributed by atoms with E-state index in [9.17, 15) is 0 Å². The molecule has 0 atom stereocenters. The van der Waals surface area contributed by atoms with E-state index in [4.69, 9.17) is 0 Å². The Labute approximate surface area is 84.4 Å². The van der Waals surface area contributed by atoms with Crippen LogP contribution in [-0.4, -0.2) is 21.9 Å². The van der Waals surface area contributed by atoms with Gasteiger partial charge in [0.25, 0.3) is 0 Å². The van der Waals surface area contributed by atoms with E-state index in [1.807, 2.05) is 0 Å². The molecule has 0 fully saturated rings. The molecule has 8 heavy (non-hydrogen) atoms. The van der Waals surface area contributed by atoms with Gasteiger partial charge in [0.05, 0.1) is 0 Å². The normalized spacial score (nSPS) is 4.50. The van der Waals surface area contributed by atoms with E-state index in [1.165, 1.54) is 0 Å². The van der Waals surface area contributed by atoms with E-state index >= 15 is 0 Å². The SMILES string of the molecule is O.O.O.O.[I][Mo]([I])[I]. The van der Waals surface area contributed by atoms with Crippen LogP contribution < -0.4 is 0 Å². The van der Waals surface area contributed by atoms with Crippen molar-refractivity contribution in [1.82, 2.24) is 0 Å². The van der Waals surface area contributed by atoms with Gasteiger partial charge >= 0.3 is 64.3 Å². The minimum absolute atomic E-state index is 0. The molecule has 0 radical (unpaired) electrons. The first-order chi connectivity index (χ1) is 1.73. The molecule has 0 aliphatic rings. The van der Waals surface area contributed by atoms with Crippen molar-refractivity contribution in [3.05, 3.63) is 0 Å². The minimum atomic E-state index is -0.447. The van der Waals surface area contributed by atoms with Crippen molar-refractivity contribution in [3.63, 3.8) is 0 Å². The van der Waals surface area contributed by atoms with Gasteiger partial charge in [0.1, 0.15) is 0 Å². The standard InChI is InChI=1S/3HI.Mo.4H2O/h3*1H;;4*1H2/q;;;+3;;;;/p-3. The Morgan fingerprint density at radius 3 is 0.625 bits per heavy atom. The van der Waals surface area contributed by atoms with Crippen LogP contribution >= 0.6 is 58.1 Å². The summed E-state index contributed by atoms with van der Waals surface area (Å²) in [5.41, 5.74) is 0. The van der Waals surface area contributed by atoms with Gasteiger partial charge in [-0.05, 0) is 0 Å². The Bertz CT molecular complexity index is 16.0. The summed E-state index contributed by atoms with van der Waals surface area (Å²) in [4.78, 5) is 0. The molecule has 8 N–H and O–H groups in total. The second kappa shape index (κ2) is 22.6. The van der Waals surface area contributed by atoms with Crippen LogP contribution in [0.3, 0.4) is 0 Å². The summed E-state index contributed by atoms with van der Waals surface area (Å²) < 4.78 is 0. The number of halogens is 3. The number of rotatable bonds is 0. The molecule has 0 aliphatic carbocycles. The van der Waals surface area contributed by atoms with E-state index in [0.717, 1.165) is 0 Å². The second-order valence-electron chi connectivity index (χ2n) is 0.175. The fraction of sp³-hybridized carbons (Fsp3) is 0. The van der Waals surface area contributed by atoms with Crippen molar-refractivity contribution >= 4 is 58.1 Å². The molecule has 0 bridgehead atoms. The van der Waals surface area contributed by atoms with Crippen molar-refractivity contribution in [2.75, 3.05) is 0 Å². The molecule has 0 aromatic rings. The van der Waals surface area contributed by atoms with E-state index in [-0.39, 0.29) is 21.9 Å². The predicted molar refractivity (Wildman–Crippen MR) is 56.5 cm³/mol. The average Bonchev–Trinajstić information content (AvgIpc) is 0.811. The van der Waals surface area contributed by atoms with Gasteiger partial charge in [0, 0.05) is 0 Å². The van der Waals surface area contributed by atoms with Crippen LogP contribution in [0.4, 0.5) is 0 Å². The van der Waals surface area contributed by atoms with Crippen molar-refractivity contribution in [1.29, 1.82) is 0 Å². The Morgan fingerprint density at radius 1 is 0.625 bits per heavy atom. The quantitative estimate of drug-likeness (QED) is 0.282. The molecule has 0 aliphatic heterocycles. The van der Waals surface area contributed by atoms with Crippen molar-refractivity contribution in [2.45, 2.75) is 0 Å². The summed E-state index contributed by atoms with van der Waals surface area (Å²) in [7, 11) is 0. The molecule has 0 saturated heterocycles. The van der Waals surface area contributed by atoms with Gasteiger partial charge in [-0.25, -0.2) is 0 Å². The molecule has 4 nitrogen and oxygen atoms in total. The Balaban J connectivity index is -0.00000000750. The van der Waals surface area contributed by atoms with Gasteiger partial charge in [-0.2, -0.15) is 0 Å². The maximum atomic E-state index is 2.49. The Hall–Kier alpha value is 2.72. The third kappa shape index (κ3) is 70.3. The van der Waals surface area contributed by atoms with Gasteiger partial charge in [-0.3, -0.25) is 0 Å². The molecule has 59 valence electrons. The molecular formula is H8I3MoO4. The summed E-state index contributed by atoms with van der Waals surface area (Å²) in [6.07, 6.45) is -0.447. The van der Waals surface area contributed by atoms with Gasteiger partial charge < -0.3 is 21.9 Å². The predicted octanol–water partition coefficient (Wildman–Crippen LogP) is -0.644. The Morgan fingerprint density at radius 2 is 0.625 bits per heavy atom. The molecule has 0 saturated carbocycles. The molecule has 0 amide bonds. The van der Waals surface area contributed by atoms with E-state index in [1.54, 1.807) is 0 Å². The van der Waals surface area contributed by atoms with Crippen molar-refractivity contribution < 1.29 is 28.2 Å². The third-order valence-corrected chi connectivity index (χ3v) is 0. The summed E-state index contributed by atoms with van der Waals surface area (Å²) in [6, 6.07) is 0. The van der Waals surface area contributed by atoms with Crippen LogP contribution in [0, 0.1) is 0 Å². The Kier molecular flexibility index (Phi) is 87.4. The molecule has 0 heterocycles. The van der Waals surface area contributed by atoms with Gasteiger partial charge in [0.15, 0.2) is 0 Å². The van der Waals surface area contributed by atoms with Crippen LogP contribution in [0.15, 0.2) is 0 Å². The fourth-order valence-corrected chi connectivity index (χ4v) is 0. The van der Waals surface area contributed by atoms with Crippen LogP contribution in [0.2, 0.25) is 0 Å². The molecule has 0 rings (SSSR count). The van der Waals surface area contributed by atoms with Crippen LogP contribution in [0.1, 0.15) is 0 Å². The van der Waals surface area contributed by atoms with Crippen molar-refractivity contribution in [2.24, 2.45) is 0 Å². The third-order valence-electron chi connectivity index (χ3n) is 0. The van der Waals surface area contributed by atoms with Gasteiger partial charge in [-0.15, -0.1) is 0 Å². The average molecular weight is 549 g/mol. The van der Waals surface area contributed by atoms with Crippen LogP contribution in [0.25, 0.3) is 0 Å². The van der Waals surface area contributed by atoms with Crippen LogP contribution in [0.5, 0.6) is 0 Å². The topological polar surface area (TPSA) is 126 Å². The fourth-order valence-electron chi connectivity index (χ4n) is 0. The van der Waals surface area contributed by atoms with E-state index < -0.39 is 6.27 Å². The van der Waals surface area contributed by atoms with E-state index in [2.05, 4.69) is 58.1 Å². The summed E-state index contributed by atoms with van der Waals surface area (Å²) >= 11 is 7.46. The van der Waals surface area contributed by atoms with Crippen molar-refractivity contribution in [3.8, 4) is 0 Å². The first-order valence-electron chi connectivity index (χ1n) is 0.463. The molecule has 0 aromatic carbocycles. The zero-order valence-corrected chi connectivity index (χ0v) is 12.0. The van der Waals surface area contributed by atoms with Gasteiger partial charge in [0.2, 0.25) is 0 Å². The van der Waals surface area contributed by atoms with Crippen LogP contribution in [-0.2, 0) is 6.27 Å². The second-order valence-corrected chi connectivity index (χ2v) is 46.6. The molecule has 0 unspecified atom stereocenters. The molecule has 8 heteroatoms. The maximum absolute atomic E-state index is 2.49. The molecular weight excluding hydrogens is 541 g/mol. The summed E-state index contributed by atoms with van der Waals surface area (Å²) in [6.45, 7) is 0. The zero-order valence-electron chi connectivity index (χ0n) is 3.54. The first-order valence-corrected chi connectivity index (χ1v) is 18.4. The summed E-state index contributed by atoms with van der Waals surface area (Å²) in [5, 5.41) is 0. The van der Waals surface area contributed by atoms with Gasteiger partial charge in [-0.1, -0.05) is 0 Å². The first kappa shape index (κ1) is 31.0. The summed E-state index contributed by atoms with van der Waals surface area (Å²) in [5.74, 6) is 0. The number of hydrogen-bond donors (Lipinski definition) is 0. The molecule has 0 spiro atoms. The van der Waals surface area contributed by atoms with E-state index in [0.29, 0.717) is 0 Å². The monoisotopic (exact) mass is 551 g/mol. The zero-order chi connectivity index (χ0) is 3.58. The molecule has 0 aromatic heterocycles.